The molecule has 2 N–H and O–H groups in total. The molecule has 0 radical (unpaired) electrons. The summed E-state index contributed by atoms with van der Waals surface area (Å²) in [6, 6.07) is 11.8. The predicted octanol–water partition coefficient (Wildman–Crippen LogP) is 4.08. The van der Waals surface area contributed by atoms with Gasteiger partial charge in [0.2, 0.25) is 5.91 Å². The van der Waals surface area contributed by atoms with Gasteiger partial charge < -0.3 is 10.6 Å². The topological polar surface area (TPSA) is 58.2 Å². The Labute approximate surface area is 148 Å². The van der Waals surface area contributed by atoms with Gasteiger partial charge in [-0.3, -0.25) is 9.59 Å². The smallest absolute Gasteiger partial charge is 0.251 e. The number of carbonyl (C=O) groups excluding carboxylic acids is 2. The molecule has 2 amide bonds. The number of amides is 2. The highest BCUT2D eigenvalue weighted by Crippen LogP contribution is 2.29. The van der Waals surface area contributed by atoms with Gasteiger partial charge in [-0.05, 0) is 42.5 Å². The number of nitrogens with one attached hydrogen (secondary N) is 2. The van der Waals surface area contributed by atoms with Gasteiger partial charge in [0, 0.05) is 28.2 Å². The number of hydrogen-bond donors (Lipinski definition) is 2. The summed E-state index contributed by atoms with van der Waals surface area (Å²) in [5.74, 6) is -0.134. The highest BCUT2D eigenvalue weighted by molar-refractivity contribution is 8.00. The molecule has 4 nitrogen and oxygen atoms in total. The van der Waals surface area contributed by atoms with E-state index in [9.17, 15) is 9.59 Å². The summed E-state index contributed by atoms with van der Waals surface area (Å²) in [6.07, 6.45) is 0. The van der Waals surface area contributed by atoms with Gasteiger partial charge in [0.1, 0.15) is 0 Å². The van der Waals surface area contributed by atoms with Gasteiger partial charge in [-0.25, -0.2) is 0 Å². The summed E-state index contributed by atoms with van der Waals surface area (Å²) in [5.41, 5.74) is 1.16. The maximum absolute atomic E-state index is 12.0. The first-order valence-electron chi connectivity index (χ1n) is 6.69. The van der Waals surface area contributed by atoms with Gasteiger partial charge in [-0.2, -0.15) is 0 Å². The second-order valence-electron chi connectivity index (χ2n) is 4.57. The molecule has 0 saturated carbocycles. The monoisotopic (exact) mass is 368 g/mol. The molecule has 23 heavy (non-hydrogen) atoms. The van der Waals surface area contributed by atoms with Crippen molar-refractivity contribution in [2.45, 2.75) is 4.90 Å². The lowest BCUT2D eigenvalue weighted by Gasteiger charge is -2.07. The van der Waals surface area contributed by atoms with Crippen molar-refractivity contribution in [2.24, 2.45) is 0 Å². The van der Waals surface area contributed by atoms with Gasteiger partial charge >= 0.3 is 0 Å². The summed E-state index contributed by atoms with van der Waals surface area (Å²) < 4.78 is 0. The van der Waals surface area contributed by atoms with Gasteiger partial charge in [0.15, 0.2) is 0 Å². The molecule has 2 rings (SSSR count). The minimum atomic E-state index is -0.172. The van der Waals surface area contributed by atoms with Gasteiger partial charge in [-0.1, -0.05) is 23.2 Å². The highest BCUT2D eigenvalue weighted by Gasteiger charge is 2.08. The average molecular weight is 369 g/mol. The number of benzene rings is 2. The van der Waals surface area contributed by atoms with E-state index in [1.165, 1.54) is 11.8 Å². The molecule has 0 aliphatic carbocycles. The van der Waals surface area contributed by atoms with Crippen LogP contribution in [0.1, 0.15) is 10.4 Å². The number of carbonyl (C=O) groups is 2. The fourth-order valence-electron chi connectivity index (χ4n) is 1.78. The normalized spacial score (nSPS) is 10.2. The summed E-state index contributed by atoms with van der Waals surface area (Å²) in [5, 5.41) is 6.43. The third kappa shape index (κ3) is 5.16. The molecule has 2 aromatic rings. The Balaban J connectivity index is 1.92. The van der Waals surface area contributed by atoms with Crippen LogP contribution in [0.4, 0.5) is 5.69 Å². The first kappa shape index (κ1) is 17.7. The van der Waals surface area contributed by atoms with Crippen molar-refractivity contribution in [2.75, 3.05) is 18.1 Å². The molecule has 0 aromatic heterocycles. The largest absolute Gasteiger partial charge is 0.355 e. The van der Waals surface area contributed by atoms with E-state index in [0.29, 0.717) is 21.3 Å². The van der Waals surface area contributed by atoms with Crippen molar-refractivity contribution >= 4 is 52.5 Å². The summed E-state index contributed by atoms with van der Waals surface area (Å²) in [7, 11) is 1.57. The first-order valence-corrected chi connectivity index (χ1v) is 8.43. The van der Waals surface area contributed by atoms with Crippen LogP contribution in [-0.2, 0) is 4.79 Å². The van der Waals surface area contributed by atoms with Crippen molar-refractivity contribution in [3.05, 3.63) is 58.1 Å². The van der Waals surface area contributed by atoms with Crippen LogP contribution in [0.25, 0.3) is 0 Å². The third-order valence-corrected chi connectivity index (χ3v) is 4.64. The third-order valence-electron chi connectivity index (χ3n) is 2.91. The average Bonchev–Trinajstić information content (AvgIpc) is 2.55. The first-order chi connectivity index (χ1) is 11.0. The molecule has 120 valence electrons. The van der Waals surface area contributed by atoms with E-state index in [1.807, 2.05) is 0 Å². The number of halogens is 2. The van der Waals surface area contributed by atoms with E-state index in [0.717, 1.165) is 4.90 Å². The minimum absolute atomic E-state index is 0.168. The van der Waals surface area contributed by atoms with Crippen LogP contribution in [0.2, 0.25) is 10.0 Å². The maximum Gasteiger partial charge on any atom is 0.251 e. The van der Waals surface area contributed by atoms with Crippen molar-refractivity contribution < 1.29 is 9.59 Å². The predicted molar refractivity (Wildman–Crippen MR) is 95.6 cm³/mol. The number of thioether (sulfide) groups is 1. The van der Waals surface area contributed by atoms with E-state index in [4.69, 9.17) is 23.2 Å². The van der Waals surface area contributed by atoms with Crippen LogP contribution in [0, 0.1) is 0 Å². The van der Waals surface area contributed by atoms with Crippen molar-refractivity contribution in [3.63, 3.8) is 0 Å². The van der Waals surface area contributed by atoms with E-state index in [2.05, 4.69) is 10.6 Å². The SMILES string of the molecule is CNC(=O)c1ccc(NC(=O)CSc2cc(Cl)ccc2Cl)cc1. The Kier molecular flexibility index (Phi) is 6.33. The van der Waals surface area contributed by atoms with Gasteiger partial charge in [0.05, 0.1) is 10.8 Å². The molecule has 0 heterocycles. The fraction of sp³-hybridized carbons (Fsp3) is 0.125. The Morgan fingerprint density at radius 1 is 1.09 bits per heavy atom. The zero-order chi connectivity index (χ0) is 16.8. The zero-order valence-electron chi connectivity index (χ0n) is 12.2. The Morgan fingerprint density at radius 2 is 1.78 bits per heavy atom. The lowest BCUT2D eigenvalue weighted by molar-refractivity contribution is -0.113. The van der Waals surface area contributed by atoms with E-state index in [1.54, 1.807) is 49.5 Å². The van der Waals surface area contributed by atoms with Crippen molar-refractivity contribution in [1.29, 1.82) is 0 Å². The molecular weight excluding hydrogens is 355 g/mol. The fourth-order valence-corrected chi connectivity index (χ4v) is 3.07. The standard InChI is InChI=1S/C16H14Cl2N2O2S/c1-19-16(22)10-2-5-12(6-3-10)20-15(21)9-23-14-8-11(17)4-7-13(14)18/h2-8H,9H2,1H3,(H,19,22)(H,20,21). The van der Waals surface area contributed by atoms with Crippen LogP contribution in [-0.4, -0.2) is 24.6 Å². The molecular formula is C16H14Cl2N2O2S. The van der Waals surface area contributed by atoms with Gasteiger partial charge in [0.25, 0.3) is 5.91 Å². The molecule has 0 atom stereocenters. The van der Waals surface area contributed by atoms with E-state index in [-0.39, 0.29) is 17.6 Å². The minimum Gasteiger partial charge on any atom is -0.355 e. The Hall–Kier alpha value is -1.69. The van der Waals surface area contributed by atoms with Crippen molar-refractivity contribution in [3.8, 4) is 0 Å². The number of rotatable bonds is 5. The molecule has 7 heteroatoms. The van der Waals surface area contributed by atoms with Crippen LogP contribution in [0.5, 0.6) is 0 Å². The van der Waals surface area contributed by atoms with Crippen LogP contribution in [0.3, 0.4) is 0 Å². The molecule has 0 fully saturated rings. The molecule has 0 unspecified atom stereocenters. The van der Waals surface area contributed by atoms with Gasteiger partial charge in [-0.15, -0.1) is 11.8 Å². The molecule has 0 saturated heterocycles. The molecule has 2 aromatic carbocycles. The maximum atomic E-state index is 12.0. The summed E-state index contributed by atoms with van der Waals surface area (Å²) in [4.78, 5) is 24.2. The Morgan fingerprint density at radius 3 is 2.43 bits per heavy atom. The quantitative estimate of drug-likeness (QED) is 0.781. The zero-order valence-corrected chi connectivity index (χ0v) is 14.6. The van der Waals surface area contributed by atoms with Crippen LogP contribution >= 0.6 is 35.0 Å². The van der Waals surface area contributed by atoms with Crippen LogP contribution < -0.4 is 10.6 Å². The Bertz CT molecular complexity index is 721. The van der Waals surface area contributed by atoms with Crippen LogP contribution in [0.15, 0.2) is 47.4 Å². The van der Waals surface area contributed by atoms with Crippen molar-refractivity contribution in [1.82, 2.24) is 5.32 Å². The second-order valence-corrected chi connectivity index (χ2v) is 6.43. The lowest BCUT2D eigenvalue weighted by Crippen LogP contribution is -2.18. The number of hydrogen-bond acceptors (Lipinski definition) is 3. The lowest BCUT2D eigenvalue weighted by atomic mass is 10.2. The molecule has 0 bridgehead atoms. The number of anilines is 1. The highest BCUT2D eigenvalue weighted by atomic mass is 35.5. The molecule has 0 spiro atoms. The second kappa shape index (κ2) is 8.24. The van der Waals surface area contributed by atoms with E-state index < -0.39 is 0 Å². The molecule has 0 aliphatic rings. The summed E-state index contributed by atoms with van der Waals surface area (Å²) in [6.45, 7) is 0. The molecule has 0 aliphatic heterocycles. The van der Waals surface area contributed by atoms with E-state index >= 15 is 0 Å². The summed E-state index contributed by atoms with van der Waals surface area (Å²) >= 11 is 13.3.